The standard InChI is InChI=1S/C41H46F3N7O5S/c1-48(18-19-49-20-22-51(23-21-49)57(2,55)56)40(54)32-10-7-9-30(25-32)39(53)47-36-13-12-34(50-16-4-3-5-17-50)27-35(36)37-26-31(14-15-45-37)38(52)46-28-29-8-6-11-33(24-29)41(42,43)44/h6-15,24-27H,3-5,16-23,28H2,1-2H3,(H,46,52)(H,47,53). The fourth-order valence-corrected chi connectivity index (χ4v) is 7.78. The lowest BCUT2D eigenvalue weighted by Crippen LogP contribution is -2.50. The van der Waals surface area contributed by atoms with Crippen molar-refractivity contribution in [1.29, 1.82) is 0 Å². The molecule has 302 valence electrons. The minimum absolute atomic E-state index is 0.117. The average molecular weight is 806 g/mol. The van der Waals surface area contributed by atoms with Crippen LogP contribution in [0.15, 0.2) is 85.1 Å². The number of hydrogen-bond acceptors (Lipinski definition) is 8. The van der Waals surface area contributed by atoms with Crippen LogP contribution in [0.3, 0.4) is 0 Å². The Morgan fingerprint density at radius 1 is 0.807 bits per heavy atom. The Labute approximate surface area is 330 Å². The average Bonchev–Trinajstić information content (AvgIpc) is 3.21. The molecule has 0 spiro atoms. The monoisotopic (exact) mass is 805 g/mol. The number of anilines is 2. The molecule has 6 rings (SSSR count). The van der Waals surface area contributed by atoms with Gasteiger partial charge in [0, 0.05) is 100 Å². The molecule has 12 nitrogen and oxygen atoms in total. The van der Waals surface area contributed by atoms with Gasteiger partial charge in [-0.3, -0.25) is 24.3 Å². The maximum absolute atomic E-state index is 13.8. The van der Waals surface area contributed by atoms with Gasteiger partial charge >= 0.3 is 6.18 Å². The molecule has 3 aromatic carbocycles. The van der Waals surface area contributed by atoms with Crippen LogP contribution in [-0.4, -0.2) is 111 Å². The summed E-state index contributed by atoms with van der Waals surface area (Å²) in [4.78, 5) is 50.9. The Balaban J connectivity index is 1.17. The molecule has 0 aliphatic carbocycles. The van der Waals surface area contributed by atoms with Crippen LogP contribution >= 0.6 is 0 Å². The third-order valence-corrected chi connectivity index (χ3v) is 11.6. The summed E-state index contributed by atoms with van der Waals surface area (Å²) >= 11 is 0. The molecule has 2 saturated heterocycles. The number of halogens is 3. The zero-order chi connectivity index (χ0) is 40.7. The molecule has 3 heterocycles. The van der Waals surface area contributed by atoms with Crippen molar-refractivity contribution in [2.75, 3.05) is 75.9 Å². The van der Waals surface area contributed by atoms with E-state index in [1.54, 1.807) is 42.3 Å². The minimum atomic E-state index is -4.50. The number of piperidine rings is 1. The molecule has 3 amide bonds. The number of nitrogens with zero attached hydrogens (tertiary/aromatic N) is 5. The minimum Gasteiger partial charge on any atom is -0.372 e. The first-order valence-electron chi connectivity index (χ1n) is 18.8. The van der Waals surface area contributed by atoms with Crippen molar-refractivity contribution in [1.82, 2.24) is 24.4 Å². The predicted molar refractivity (Wildman–Crippen MR) is 213 cm³/mol. The summed E-state index contributed by atoms with van der Waals surface area (Å²) in [6.45, 7) is 4.55. The number of nitrogens with one attached hydrogen (secondary N) is 2. The van der Waals surface area contributed by atoms with E-state index >= 15 is 0 Å². The molecule has 2 fully saturated rings. The fourth-order valence-electron chi connectivity index (χ4n) is 6.95. The van der Waals surface area contributed by atoms with Gasteiger partial charge < -0.3 is 20.4 Å². The van der Waals surface area contributed by atoms with Gasteiger partial charge in [-0.05, 0) is 85.5 Å². The van der Waals surface area contributed by atoms with Crippen LogP contribution in [0.25, 0.3) is 11.3 Å². The van der Waals surface area contributed by atoms with Crippen LogP contribution in [0, 0.1) is 0 Å². The van der Waals surface area contributed by atoms with Crippen molar-refractivity contribution in [3.05, 3.63) is 113 Å². The zero-order valence-electron chi connectivity index (χ0n) is 31.9. The van der Waals surface area contributed by atoms with E-state index in [1.165, 1.54) is 41.0 Å². The van der Waals surface area contributed by atoms with Crippen molar-refractivity contribution < 1.29 is 36.0 Å². The fraction of sp³-hybridized carbons (Fsp3) is 0.366. The SMILES string of the molecule is CN(CCN1CCN(S(C)(=O)=O)CC1)C(=O)c1cccc(C(=O)Nc2ccc(N3CCCCC3)cc2-c2cc(C(=O)NCc3cccc(C(F)(F)F)c3)ccn2)c1. The molecule has 2 aliphatic heterocycles. The van der Waals surface area contributed by atoms with E-state index < -0.39 is 33.6 Å². The largest absolute Gasteiger partial charge is 0.416 e. The predicted octanol–water partition coefficient (Wildman–Crippen LogP) is 5.59. The number of sulfonamides is 1. The smallest absolute Gasteiger partial charge is 0.372 e. The van der Waals surface area contributed by atoms with Gasteiger partial charge in [-0.1, -0.05) is 18.2 Å². The van der Waals surface area contributed by atoms with E-state index in [0.717, 1.165) is 50.2 Å². The number of alkyl halides is 3. The lowest BCUT2D eigenvalue weighted by atomic mass is 10.0. The second-order valence-corrected chi connectivity index (χ2v) is 16.3. The number of rotatable bonds is 12. The Kier molecular flexibility index (Phi) is 12.9. The maximum atomic E-state index is 13.8. The van der Waals surface area contributed by atoms with Crippen LogP contribution in [-0.2, 0) is 22.7 Å². The number of likely N-dealkylation sites (N-methyl/N-ethyl adjacent to an activating group) is 1. The molecule has 2 aliphatic rings. The highest BCUT2D eigenvalue weighted by Gasteiger charge is 2.30. The molecule has 0 atom stereocenters. The van der Waals surface area contributed by atoms with Crippen molar-refractivity contribution in [2.45, 2.75) is 32.0 Å². The Morgan fingerprint density at radius 2 is 1.51 bits per heavy atom. The summed E-state index contributed by atoms with van der Waals surface area (Å²) in [6, 6.07) is 19.9. The number of carbonyl (C=O) groups is 3. The highest BCUT2D eigenvalue weighted by molar-refractivity contribution is 7.88. The number of amides is 3. The molecule has 2 N–H and O–H groups in total. The van der Waals surface area contributed by atoms with E-state index in [2.05, 4.69) is 25.4 Å². The zero-order valence-corrected chi connectivity index (χ0v) is 32.7. The molecule has 0 radical (unpaired) electrons. The van der Waals surface area contributed by atoms with Gasteiger partial charge in [0.1, 0.15) is 0 Å². The lowest BCUT2D eigenvalue weighted by molar-refractivity contribution is -0.137. The number of carbonyl (C=O) groups excluding carboxylic acids is 3. The van der Waals surface area contributed by atoms with Gasteiger partial charge in [0.05, 0.1) is 23.2 Å². The van der Waals surface area contributed by atoms with Crippen LogP contribution in [0.5, 0.6) is 0 Å². The summed E-state index contributed by atoms with van der Waals surface area (Å²) in [5.74, 6) is -1.23. The first-order valence-corrected chi connectivity index (χ1v) is 20.6. The quantitative estimate of drug-likeness (QED) is 0.189. The Bertz CT molecular complexity index is 2200. The first-order chi connectivity index (χ1) is 27.2. The van der Waals surface area contributed by atoms with Gasteiger partial charge in [-0.25, -0.2) is 8.42 Å². The summed E-state index contributed by atoms with van der Waals surface area (Å²) < 4.78 is 64.8. The topological polar surface area (TPSA) is 135 Å². The number of pyridine rings is 1. The molecule has 57 heavy (non-hydrogen) atoms. The molecule has 1 aromatic heterocycles. The lowest BCUT2D eigenvalue weighted by Gasteiger charge is -2.34. The number of piperazine rings is 1. The first kappa shape index (κ1) is 41.3. The molecular formula is C41H46F3N7O5S. The summed E-state index contributed by atoms with van der Waals surface area (Å²) in [5.41, 5.74) is 2.64. The van der Waals surface area contributed by atoms with Gasteiger partial charge in [0.25, 0.3) is 17.7 Å². The third-order valence-electron chi connectivity index (χ3n) is 10.2. The van der Waals surface area contributed by atoms with Gasteiger partial charge in [-0.15, -0.1) is 0 Å². The highest BCUT2D eigenvalue weighted by Crippen LogP contribution is 2.34. The number of hydrogen-bond donors (Lipinski definition) is 2. The molecule has 4 aromatic rings. The maximum Gasteiger partial charge on any atom is 0.416 e. The van der Waals surface area contributed by atoms with Crippen LogP contribution in [0.4, 0.5) is 24.5 Å². The summed E-state index contributed by atoms with van der Waals surface area (Å²) in [5, 5.41) is 5.67. The number of aromatic nitrogens is 1. The van der Waals surface area contributed by atoms with E-state index in [-0.39, 0.29) is 23.6 Å². The van der Waals surface area contributed by atoms with E-state index in [0.29, 0.717) is 67.3 Å². The highest BCUT2D eigenvalue weighted by atomic mass is 32.2. The second kappa shape index (κ2) is 17.9. The van der Waals surface area contributed by atoms with E-state index in [1.807, 2.05) is 12.1 Å². The Hall–Kier alpha value is -5.32. The van der Waals surface area contributed by atoms with Gasteiger partial charge in [0.2, 0.25) is 10.0 Å². The van der Waals surface area contributed by atoms with Gasteiger partial charge in [0.15, 0.2) is 0 Å². The van der Waals surface area contributed by atoms with Crippen LogP contribution in [0.2, 0.25) is 0 Å². The third kappa shape index (κ3) is 10.8. The van der Waals surface area contributed by atoms with Crippen molar-refractivity contribution in [3.8, 4) is 11.3 Å². The second-order valence-electron chi connectivity index (χ2n) is 14.4. The molecular weight excluding hydrogens is 760 g/mol. The van der Waals surface area contributed by atoms with Gasteiger partial charge in [-0.2, -0.15) is 17.5 Å². The van der Waals surface area contributed by atoms with Crippen molar-refractivity contribution in [3.63, 3.8) is 0 Å². The van der Waals surface area contributed by atoms with Crippen molar-refractivity contribution >= 4 is 39.1 Å². The van der Waals surface area contributed by atoms with E-state index in [9.17, 15) is 36.0 Å². The van der Waals surface area contributed by atoms with Crippen LogP contribution < -0.4 is 15.5 Å². The number of benzene rings is 3. The molecule has 16 heteroatoms. The molecule has 0 bridgehead atoms. The molecule has 0 unspecified atom stereocenters. The Morgan fingerprint density at radius 3 is 2.23 bits per heavy atom. The van der Waals surface area contributed by atoms with Crippen LogP contribution in [0.1, 0.15) is 61.5 Å². The normalized spacial score (nSPS) is 15.6. The van der Waals surface area contributed by atoms with Crippen molar-refractivity contribution in [2.24, 2.45) is 0 Å². The summed E-state index contributed by atoms with van der Waals surface area (Å²) in [6.07, 6.45) is 1.39. The van der Waals surface area contributed by atoms with E-state index in [4.69, 9.17) is 0 Å². The summed E-state index contributed by atoms with van der Waals surface area (Å²) in [7, 11) is -1.55. The molecule has 0 saturated carbocycles.